The molecule has 0 bridgehead atoms. The molecule has 4 rings (SSSR count). The Balaban J connectivity index is 0.000000797. The van der Waals surface area contributed by atoms with Crippen molar-refractivity contribution in [1.82, 2.24) is 19.9 Å². The van der Waals surface area contributed by atoms with E-state index in [0.29, 0.717) is 0 Å². The fraction of sp³-hybridized carbons (Fsp3) is 0.438. The number of rotatable bonds is 5. The first-order valence-corrected chi connectivity index (χ1v) is 15.3. The summed E-state index contributed by atoms with van der Waals surface area (Å²) < 4.78 is 0. The molecule has 2 aromatic heterocycles. The van der Waals surface area contributed by atoms with Gasteiger partial charge in [-0.05, 0) is 15.7 Å². The van der Waals surface area contributed by atoms with E-state index in [9.17, 15) is 0 Å². The first-order valence-electron chi connectivity index (χ1n) is 13.2. The molecule has 0 aliphatic rings. The zero-order valence-corrected chi connectivity index (χ0v) is 28.0. The maximum atomic E-state index is 4.75. The van der Waals surface area contributed by atoms with E-state index in [1.165, 1.54) is 16.7 Å². The zero-order valence-electron chi connectivity index (χ0n) is 24.9. The van der Waals surface area contributed by atoms with Gasteiger partial charge in [0.25, 0.3) is 0 Å². The summed E-state index contributed by atoms with van der Waals surface area (Å²) in [7, 11) is 2.75. The Bertz CT molecular complexity index is 1180. The van der Waals surface area contributed by atoms with Crippen LogP contribution < -0.4 is 0 Å². The van der Waals surface area contributed by atoms with E-state index in [1.807, 2.05) is 42.7 Å². The molecule has 0 N–H and O–H groups in total. The quantitative estimate of drug-likeness (QED) is 0.131. The molecule has 0 radical (unpaired) electrons. The predicted octanol–water partition coefficient (Wildman–Crippen LogP) is 8.43. The van der Waals surface area contributed by atoms with Gasteiger partial charge in [-0.3, -0.25) is 19.9 Å². The van der Waals surface area contributed by atoms with Gasteiger partial charge in [0, 0.05) is 37.2 Å². The van der Waals surface area contributed by atoms with Crippen molar-refractivity contribution in [3.05, 3.63) is 108 Å². The van der Waals surface area contributed by atoms with Gasteiger partial charge >= 0.3 is 17.1 Å². The summed E-state index contributed by atoms with van der Waals surface area (Å²) >= 11 is 0. The predicted molar refractivity (Wildman–Crippen MR) is 167 cm³/mol. The molecule has 0 fully saturated rings. The second-order valence-electron chi connectivity index (χ2n) is 12.8. The molecule has 2 aromatic carbocycles. The average molecular weight is 603 g/mol. The normalized spacial score (nSPS) is 12.5. The van der Waals surface area contributed by atoms with E-state index in [1.54, 1.807) is 24.8 Å². The van der Waals surface area contributed by atoms with Crippen LogP contribution in [0.3, 0.4) is 0 Å². The van der Waals surface area contributed by atoms with Crippen molar-refractivity contribution in [2.24, 2.45) is 0 Å². The van der Waals surface area contributed by atoms with E-state index >= 15 is 0 Å². The van der Waals surface area contributed by atoms with Crippen molar-refractivity contribution in [3.63, 3.8) is 0 Å². The van der Waals surface area contributed by atoms with Crippen LogP contribution in [0.25, 0.3) is 0 Å². The van der Waals surface area contributed by atoms with Crippen LogP contribution in [0.5, 0.6) is 0 Å². The Morgan fingerprint density at radius 1 is 0.769 bits per heavy atom. The Morgan fingerprint density at radius 3 is 1.59 bits per heavy atom. The van der Waals surface area contributed by atoms with Crippen molar-refractivity contribution in [1.29, 1.82) is 0 Å². The number of aromatic nitrogens is 4. The molecule has 0 saturated heterocycles. The summed E-state index contributed by atoms with van der Waals surface area (Å²) in [6.45, 7) is 21.2. The third kappa shape index (κ3) is 8.37. The van der Waals surface area contributed by atoms with Gasteiger partial charge in [0.2, 0.25) is 0 Å². The van der Waals surface area contributed by atoms with Crippen LogP contribution in [0.1, 0.15) is 90.4 Å². The standard InChI is InChI=1S/C27H39N4P2.C5H5.Fe/c1-24(2,3)20-14-19(18-33(25(4,5)6)26(7,8)9)21(15-20)27(32,22-16-28-10-12-30-22)23-17-29-11-13-31-23;1-2-4-5-3-1;/h10-17H,18,32H2,1-9H3;1-5H;/q2*-1;+2. The van der Waals surface area contributed by atoms with Crippen molar-refractivity contribution < 1.29 is 17.1 Å². The van der Waals surface area contributed by atoms with Crippen LogP contribution in [-0.2, 0) is 33.8 Å². The molecule has 0 saturated carbocycles. The fourth-order valence-corrected chi connectivity index (χ4v) is 9.00. The van der Waals surface area contributed by atoms with E-state index < -0.39 is 5.16 Å². The minimum absolute atomic E-state index is 0. The smallest absolute Gasteiger partial charge is 0.261 e. The Morgan fingerprint density at radius 2 is 1.26 bits per heavy atom. The summed E-state index contributed by atoms with van der Waals surface area (Å²) in [5, 5.41) is -0.169. The molecule has 7 heteroatoms. The van der Waals surface area contributed by atoms with E-state index in [0.717, 1.165) is 17.5 Å². The Kier molecular flexibility index (Phi) is 11.4. The number of nitrogens with zero attached hydrogens (tertiary/aromatic N) is 4. The molecule has 0 aliphatic carbocycles. The molecule has 39 heavy (non-hydrogen) atoms. The van der Waals surface area contributed by atoms with Crippen molar-refractivity contribution in [2.75, 3.05) is 0 Å². The minimum atomic E-state index is -0.627. The second-order valence-corrected chi connectivity index (χ2v) is 17.5. The first kappa shape index (κ1) is 33.4. The molecular weight excluding hydrogens is 558 g/mol. The largest absolute Gasteiger partial charge is 2.00 e. The van der Waals surface area contributed by atoms with Crippen LogP contribution in [0.2, 0.25) is 0 Å². The van der Waals surface area contributed by atoms with Gasteiger partial charge in [-0.15, -0.1) is 22.7 Å². The summed E-state index contributed by atoms with van der Waals surface area (Å²) in [6.07, 6.45) is 11.7. The summed E-state index contributed by atoms with van der Waals surface area (Å²) in [6, 6.07) is 14.8. The molecule has 4 aromatic rings. The molecule has 1 atom stereocenters. The van der Waals surface area contributed by atoms with Gasteiger partial charge in [-0.2, -0.15) is 35.4 Å². The maximum Gasteiger partial charge on any atom is 2.00 e. The third-order valence-corrected chi connectivity index (χ3v) is 11.5. The molecule has 0 amide bonds. The maximum absolute atomic E-state index is 4.75. The van der Waals surface area contributed by atoms with Crippen LogP contribution in [-0.4, -0.2) is 30.2 Å². The molecule has 210 valence electrons. The monoisotopic (exact) mass is 602 g/mol. The second kappa shape index (κ2) is 13.3. The topological polar surface area (TPSA) is 51.6 Å². The zero-order chi connectivity index (χ0) is 28.2. The van der Waals surface area contributed by atoms with Gasteiger partial charge in [-0.1, -0.05) is 68.5 Å². The first-order chi connectivity index (χ1) is 17.6. The summed E-state index contributed by atoms with van der Waals surface area (Å²) in [5.74, 6) is 0. The van der Waals surface area contributed by atoms with Gasteiger partial charge in [0.1, 0.15) is 0 Å². The summed E-state index contributed by atoms with van der Waals surface area (Å²) in [4.78, 5) is 18.3. The van der Waals surface area contributed by atoms with Gasteiger partial charge in [-0.25, -0.2) is 18.2 Å². The van der Waals surface area contributed by atoms with Crippen LogP contribution in [0.15, 0.2) is 79.6 Å². The Labute approximate surface area is 250 Å². The van der Waals surface area contributed by atoms with Crippen LogP contribution >= 0.6 is 17.2 Å². The van der Waals surface area contributed by atoms with E-state index in [-0.39, 0.29) is 40.7 Å². The average Bonchev–Trinajstić information content (AvgIpc) is 3.55. The molecule has 1 unspecified atom stereocenters. The van der Waals surface area contributed by atoms with Gasteiger partial charge < -0.3 is 0 Å². The van der Waals surface area contributed by atoms with Gasteiger partial charge in [0.15, 0.2) is 0 Å². The molecule has 4 nitrogen and oxygen atoms in total. The van der Waals surface area contributed by atoms with E-state index in [2.05, 4.69) is 93.7 Å². The van der Waals surface area contributed by atoms with Crippen molar-refractivity contribution >= 4 is 17.2 Å². The van der Waals surface area contributed by atoms with E-state index in [4.69, 9.17) is 9.97 Å². The molecule has 2 heterocycles. The van der Waals surface area contributed by atoms with Crippen molar-refractivity contribution in [2.45, 2.75) is 89.4 Å². The van der Waals surface area contributed by atoms with Crippen LogP contribution in [0.4, 0.5) is 0 Å². The SMILES string of the molecule is CC(C)(C)c1cc(CP(C(C)(C)C)C(C)(C)C)c(C(P)(c2cnccn2)c2cnccn2)[cH-]1.[Fe+2].c1cc[cH-]c1. The molecule has 0 spiro atoms. The molecular formula is C32H44FeN4P2. The van der Waals surface area contributed by atoms with Crippen LogP contribution in [0, 0.1) is 0 Å². The Hall–Kier alpha value is -1.76. The molecule has 0 aliphatic heterocycles. The number of hydrogen-bond donors (Lipinski definition) is 0. The fourth-order valence-electron chi connectivity index (χ4n) is 4.87. The van der Waals surface area contributed by atoms with Crippen molar-refractivity contribution in [3.8, 4) is 0 Å². The third-order valence-electron chi connectivity index (χ3n) is 6.70. The number of hydrogen-bond acceptors (Lipinski definition) is 4. The summed E-state index contributed by atoms with van der Waals surface area (Å²) in [5.41, 5.74) is 5.71. The minimum Gasteiger partial charge on any atom is -0.261 e. The van der Waals surface area contributed by atoms with Gasteiger partial charge in [0.05, 0.1) is 16.5 Å².